The summed E-state index contributed by atoms with van der Waals surface area (Å²) in [5.74, 6) is 1.48. The highest BCUT2D eigenvalue weighted by atomic mass is 16.5. The fourth-order valence-electron chi connectivity index (χ4n) is 5.38. The van der Waals surface area contributed by atoms with E-state index in [1.807, 2.05) is 57.2 Å². The predicted octanol–water partition coefficient (Wildman–Crippen LogP) is 7.75. The molecule has 3 N–H and O–H groups in total. The van der Waals surface area contributed by atoms with Gasteiger partial charge in [0.15, 0.2) is 11.5 Å². The summed E-state index contributed by atoms with van der Waals surface area (Å²) in [4.78, 5) is 30.3. The first kappa shape index (κ1) is 33.6. The maximum absolute atomic E-state index is 13.0. The molecule has 242 valence electrons. The van der Waals surface area contributed by atoms with Gasteiger partial charge in [-0.2, -0.15) is 0 Å². The Bertz CT molecular complexity index is 1360. The van der Waals surface area contributed by atoms with Crippen LogP contribution in [0.5, 0.6) is 17.2 Å². The molecule has 4 rings (SSSR count). The summed E-state index contributed by atoms with van der Waals surface area (Å²) in [6, 6.07) is 20.3. The minimum atomic E-state index is -0.250. The van der Waals surface area contributed by atoms with Gasteiger partial charge >= 0.3 is 6.03 Å². The highest BCUT2D eigenvalue weighted by Crippen LogP contribution is 2.34. The molecule has 1 fully saturated rings. The van der Waals surface area contributed by atoms with Crippen molar-refractivity contribution in [1.82, 2.24) is 10.2 Å². The van der Waals surface area contributed by atoms with Gasteiger partial charge in [0.2, 0.25) is 0 Å². The molecule has 0 spiro atoms. The first-order chi connectivity index (χ1) is 21.9. The van der Waals surface area contributed by atoms with E-state index in [0.717, 1.165) is 51.1 Å². The Kier molecular flexibility index (Phi) is 12.9. The maximum Gasteiger partial charge on any atom is 0.319 e. The molecule has 3 amide bonds. The summed E-state index contributed by atoms with van der Waals surface area (Å²) in [7, 11) is 0. The molecule has 0 aliphatic carbocycles. The van der Waals surface area contributed by atoms with Crippen LogP contribution in [-0.4, -0.2) is 62.2 Å². The van der Waals surface area contributed by atoms with E-state index in [2.05, 4.69) is 32.7 Å². The largest absolute Gasteiger partial charge is 0.490 e. The van der Waals surface area contributed by atoms with Crippen molar-refractivity contribution >= 4 is 29.0 Å². The molecule has 1 aliphatic heterocycles. The molecule has 0 unspecified atom stereocenters. The van der Waals surface area contributed by atoms with Crippen LogP contribution in [0.4, 0.5) is 21.9 Å². The second kappa shape index (κ2) is 17.3. The fraction of sp³-hybridized carbons (Fsp3) is 0.444. The zero-order valence-corrected chi connectivity index (χ0v) is 27.2. The first-order valence-corrected chi connectivity index (χ1v) is 16.4. The van der Waals surface area contributed by atoms with Gasteiger partial charge in [0, 0.05) is 54.4 Å². The Labute approximate surface area is 268 Å². The Morgan fingerprint density at radius 3 is 2.22 bits per heavy atom. The number of rotatable bonds is 14. The minimum absolute atomic E-state index is 0.128. The number of benzene rings is 3. The van der Waals surface area contributed by atoms with Gasteiger partial charge in [-0.3, -0.25) is 4.79 Å². The molecule has 9 heteroatoms. The third-order valence-electron chi connectivity index (χ3n) is 8.07. The number of nitrogens with zero attached hydrogens (tertiary/aromatic N) is 2. The lowest BCUT2D eigenvalue weighted by molar-refractivity contribution is 0.102. The van der Waals surface area contributed by atoms with E-state index in [9.17, 15) is 9.59 Å². The van der Waals surface area contributed by atoms with Crippen molar-refractivity contribution in [3.63, 3.8) is 0 Å². The van der Waals surface area contributed by atoms with Gasteiger partial charge < -0.3 is 35.2 Å². The van der Waals surface area contributed by atoms with Crippen LogP contribution < -0.4 is 30.3 Å². The number of unbranched alkanes of at least 4 members (excludes halogenated alkanes) is 1. The van der Waals surface area contributed by atoms with E-state index in [0.29, 0.717) is 40.8 Å². The number of carbonyl (C=O) groups excluding carboxylic acids is 2. The molecule has 45 heavy (non-hydrogen) atoms. The van der Waals surface area contributed by atoms with E-state index in [4.69, 9.17) is 9.47 Å². The fourth-order valence-corrected chi connectivity index (χ4v) is 5.38. The zero-order valence-electron chi connectivity index (χ0n) is 27.2. The number of hydrogen-bond donors (Lipinski definition) is 3. The lowest BCUT2D eigenvalue weighted by Crippen LogP contribution is -2.37. The molecule has 3 aromatic rings. The number of amides is 3. The molecule has 0 aromatic heterocycles. The Hall–Kier alpha value is -4.24. The van der Waals surface area contributed by atoms with Crippen LogP contribution in [0.2, 0.25) is 0 Å². The third-order valence-corrected chi connectivity index (χ3v) is 8.07. The average Bonchev–Trinajstić information content (AvgIpc) is 3.30. The maximum atomic E-state index is 13.0. The molecule has 3 aromatic carbocycles. The van der Waals surface area contributed by atoms with Crippen molar-refractivity contribution in [2.45, 2.75) is 65.8 Å². The topological polar surface area (TPSA) is 95.2 Å². The Balaban J connectivity index is 1.32. The SMILES string of the molecule is CCCCN1CCCN(c2ccc(C(=O)Nc3ccc(Oc4ccc(NC(=O)NC(CC)CC)cc4OCC)cc3)cc2)CC1. The number of carbonyl (C=O) groups is 2. The van der Waals surface area contributed by atoms with Gasteiger partial charge in [0.25, 0.3) is 5.91 Å². The van der Waals surface area contributed by atoms with E-state index >= 15 is 0 Å². The van der Waals surface area contributed by atoms with Crippen molar-refractivity contribution in [2.75, 3.05) is 54.9 Å². The van der Waals surface area contributed by atoms with Gasteiger partial charge in [-0.05, 0) is 106 Å². The first-order valence-electron chi connectivity index (χ1n) is 16.4. The summed E-state index contributed by atoms with van der Waals surface area (Å²) in [6.07, 6.45) is 5.37. The van der Waals surface area contributed by atoms with Crippen molar-refractivity contribution in [3.8, 4) is 17.2 Å². The molecule has 0 bridgehead atoms. The predicted molar refractivity (Wildman–Crippen MR) is 183 cm³/mol. The second-order valence-corrected chi connectivity index (χ2v) is 11.4. The molecule has 0 saturated carbocycles. The van der Waals surface area contributed by atoms with Crippen molar-refractivity contribution in [3.05, 3.63) is 72.3 Å². The van der Waals surface area contributed by atoms with Crippen molar-refractivity contribution in [2.24, 2.45) is 0 Å². The average molecular weight is 616 g/mol. The monoisotopic (exact) mass is 615 g/mol. The molecule has 0 radical (unpaired) electrons. The van der Waals surface area contributed by atoms with Gasteiger partial charge in [0.1, 0.15) is 5.75 Å². The zero-order chi connectivity index (χ0) is 32.0. The summed E-state index contributed by atoms with van der Waals surface area (Å²) in [6.45, 7) is 14.1. The second-order valence-electron chi connectivity index (χ2n) is 11.4. The Morgan fingerprint density at radius 2 is 1.53 bits per heavy atom. The standard InChI is InChI=1S/C36H49N5O4/c1-5-9-21-40-22-10-23-41(25-24-40)31-16-11-27(12-17-31)35(42)37-29-13-18-32(19-14-29)45-33-20-15-30(26-34(33)44-8-4)39-36(43)38-28(6-2)7-3/h11-20,26,28H,5-10,21-25H2,1-4H3,(H,37,42)(H2,38,39,43). The minimum Gasteiger partial charge on any atom is -0.490 e. The van der Waals surface area contributed by atoms with Crippen LogP contribution in [0.25, 0.3) is 0 Å². The lowest BCUT2D eigenvalue weighted by Gasteiger charge is -2.23. The normalized spacial score (nSPS) is 13.7. The molecular weight excluding hydrogens is 566 g/mol. The molecular formula is C36H49N5O4. The highest BCUT2D eigenvalue weighted by molar-refractivity contribution is 6.04. The van der Waals surface area contributed by atoms with Crippen LogP contribution in [0.15, 0.2) is 66.7 Å². The molecule has 9 nitrogen and oxygen atoms in total. The quantitative estimate of drug-likeness (QED) is 0.172. The Morgan fingerprint density at radius 1 is 0.800 bits per heavy atom. The molecule has 1 aliphatic rings. The number of ether oxygens (including phenoxy) is 2. The van der Waals surface area contributed by atoms with Crippen LogP contribution in [0, 0.1) is 0 Å². The molecule has 1 saturated heterocycles. The lowest BCUT2D eigenvalue weighted by atomic mass is 10.1. The van der Waals surface area contributed by atoms with E-state index in [1.54, 1.807) is 30.3 Å². The van der Waals surface area contributed by atoms with Crippen LogP contribution in [0.3, 0.4) is 0 Å². The van der Waals surface area contributed by atoms with Crippen molar-refractivity contribution in [1.29, 1.82) is 0 Å². The van der Waals surface area contributed by atoms with Gasteiger partial charge in [0.05, 0.1) is 6.61 Å². The van der Waals surface area contributed by atoms with Crippen LogP contribution >= 0.6 is 0 Å². The smallest absolute Gasteiger partial charge is 0.319 e. The van der Waals surface area contributed by atoms with E-state index in [1.165, 1.54) is 19.4 Å². The number of hydrogen-bond acceptors (Lipinski definition) is 6. The third kappa shape index (κ3) is 10.1. The molecule has 1 heterocycles. The summed E-state index contributed by atoms with van der Waals surface area (Å²) in [5.41, 5.74) is 3.05. The van der Waals surface area contributed by atoms with Crippen LogP contribution in [0.1, 0.15) is 70.2 Å². The summed E-state index contributed by atoms with van der Waals surface area (Å²) >= 11 is 0. The van der Waals surface area contributed by atoms with Gasteiger partial charge in [-0.15, -0.1) is 0 Å². The van der Waals surface area contributed by atoms with E-state index < -0.39 is 0 Å². The highest BCUT2D eigenvalue weighted by Gasteiger charge is 2.16. The number of urea groups is 1. The summed E-state index contributed by atoms with van der Waals surface area (Å²) in [5, 5.41) is 8.82. The number of anilines is 3. The van der Waals surface area contributed by atoms with Gasteiger partial charge in [-0.1, -0.05) is 27.2 Å². The van der Waals surface area contributed by atoms with Gasteiger partial charge in [-0.25, -0.2) is 4.79 Å². The van der Waals surface area contributed by atoms with Crippen LogP contribution in [-0.2, 0) is 0 Å². The van der Waals surface area contributed by atoms with Crippen molar-refractivity contribution < 1.29 is 19.1 Å². The van der Waals surface area contributed by atoms with E-state index in [-0.39, 0.29) is 18.0 Å². The summed E-state index contributed by atoms with van der Waals surface area (Å²) < 4.78 is 11.9. The number of nitrogens with one attached hydrogen (secondary N) is 3. The molecule has 0 atom stereocenters.